The predicted molar refractivity (Wildman–Crippen MR) is 330 cm³/mol. The van der Waals surface area contributed by atoms with E-state index in [1.54, 1.807) is 0 Å². The minimum Gasteiger partial charge on any atom is -0.208 e. The standard InChI is InChI=1S/C75H45N3/c1-4-19-61-55(13-1)58-16-7-10-22-64(58)70-43-52(37-40-67(61)70)46-25-31-49(32-26-46)73-76-74(50-33-27-47(28-34-50)53-38-41-68-62-20-5-2-14-56(62)59-17-8-11-23-65(59)71(68)44-53)78-75(77-73)51-35-29-48(30-36-51)54-39-42-69-63-21-6-3-15-57(63)60-18-9-12-24-66(60)72(69)45-54/h1-45H. The fourth-order valence-corrected chi connectivity index (χ4v) is 12.5. The third kappa shape index (κ3) is 7.10. The van der Waals surface area contributed by atoms with Gasteiger partial charge in [-0.3, -0.25) is 0 Å². The molecule has 0 spiro atoms. The van der Waals surface area contributed by atoms with Crippen LogP contribution in [0.1, 0.15) is 0 Å². The molecular formula is C75H45N3. The van der Waals surface area contributed by atoms with Crippen LogP contribution in [0.15, 0.2) is 273 Å². The van der Waals surface area contributed by atoms with E-state index in [1.165, 1.54) is 97.0 Å². The Balaban J connectivity index is 0.787. The Morgan fingerprint density at radius 3 is 0.487 bits per heavy atom. The van der Waals surface area contributed by atoms with E-state index >= 15 is 0 Å². The molecule has 1 aromatic heterocycles. The van der Waals surface area contributed by atoms with Gasteiger partial charge in [0.2, 0.25) is 0 Å². The fraction of sp³-hybridized carbons (Fsp3) is 0. The van der Waals surface area contributed by atoms with Crippen molar-refractivity contribution in [3.8, 4) is 67.5 Å². The molecule has 0 bridgehead atoms. The van der Waals surface area contributed by atoms with Crippen LogP contribution in [0.2, 0.25) is 0 Å². The summed E-state index contributed by atoms with van der Waals surface area (Å²) in [4.78, 5) is 15.7. The smallest absolute Gasteiger partial charge is 0.164 e. The Hall–Kier alpha value is -10.4. The Morgan fingerprint density at radius 1 is 0.128 bits per heavy atom. The lowest BCUT2D eigenvalue weighted by Crippen LogP contribution is -2.00. The number of hydrogen-bond acceptors (Lipinski definition) is 3. The lowest BCUT2D eigenvalue weighted by molar-refractivity contribution is 1.07. The molecule has 0 atom stereocenters. The van der Waals surface area contributed by atoms with Crippen LogP contribution in [0.4, 0.5) is 0 Å². The van der Waals surface area contributed by atoms with Gasteiger partial charge < -0.3 is 0 Å². The molecule has 78 heavy (non-hydrogen) atoms. The van der Waals surface area contributed by atoms with Gasteiger partial charge in [-0.2, -0.15) is 0 Å². The van der Waals surface area contributed by atoms with E-state index in [-0.39, 0.29) is 0 Å². The minimum absolute atomic E-state index is 0.618. The van der Waals surface area contributed by atoms with Crippen LogP contribution in [0, 0.1) is 0 Å². The molecule has 0 unspecified atom stereocenters. The van der Waals surface area contributed by atoms with Crippen LogP contribution >= 0.6 is 0 Å². The van der Waals surface area contributed by atoms with Crippen molar-refractivity contribution in [3.05, 3.63) is 273 Å². The summed E-state index contributed by atoms with van der Waals surface area (Å²) in [6, 6.07) is 99.1. The van der Waals surface area contributed by atoms with Gasteiger partial charge in [-0.15, -0.1) is 0 Å². The van der Waals surface area contributed by atoms with Gasteiger partial charge in [-0.25, -0.2) is 15.0 Å². The summed E-state index contributed by atoms with van der Waals surface area (Å²) in [5.74, 6) is 1.86. The van der Waals surface area contributed by atoms with Crippen molar-refractivity contribution < 1.29 is 0 Å². The Kier molecular flexibility index (Phi) is 9.94. The highest BCUT2D eigenvalue weighted by atomic mass is 15.0. The van der Waals surface area contributed by atoms with E-state index in [0.717, 1.165) is 50.1 Å². The van der Waals surface area contributed by atoms with Crippen molar-refractivity contribution in [2.75, 3.05) is 0 Å². The van der Waals surface area contributed by atoms with Crippen molar-refractivity contribution in [3.63, 3.8) is 0 Å². The second-order valence-electron chi connectivity index (χ2n) is 20.6. The van der Waals surface area contributed by atoms with Crippen molar-refractivity contribution in [1.82, 2.24) is 15.0 Å². The first-order valence-electron chi connectivity index (χ1n) is 26.7. The third-order valence-electron chi connectivity index (χ3n) is 16.3. The van der Waals surface area contributed by atoms with E-state index < -0.39 is 0 Å². The molecule has 0 fully saturated rings. The molecule has 0 saturated heterocycles. The number of rotatable bonds is 6. The summed E-state index contributed by atoms with van der Waals surface area (Å²) in [5.41, 5.74) is 9.62. The molecule has 0 aliphatic rings. The average molecular weight is 988 g/mol. The van der Waals surface area contributed by atoms with Gasteiger partial charge in [0.1, 0.15) is 0 Å². The highest BCUT2D eigenvalue weighted by molar-refractivity contribution is 6.28. The van der Waals surface area contributed by atoms with Gasteiger partial charge >= 0.3 is 0 Å². The maximum absolute atomic E-state index is 5.23. The molecule has 3 heteroatoms. The highest BCUT2D eigenvalue weighted by Crippen LogP contribution is 2.41. The first-order valence-corrected chi connectivity index (χ1v) is 26.7. The van der Waals surface area contributed by atoms with Gasteiger partial charge in [0.15, 0.2) is 17.5 Å². The lowest BCUT2D eigenvalue weighted by atomic mass is 9.92. The molecule has 16 aromatic rings. The van der Waals surface area contributed by atoms with E-state index in [4.69, 9.17) is 15.0 Å². The zero-order chi connectivity index (χ0) is 51.3. The average Bonchev–Trinajstić information content (AvgIpc) is 3.62. The predicted octanol–water partition coefficient (Wildman–Crippen LogP) is 20.3. The maximum atomic E-state index is 5.23. The molecule has 15 aromatic carbocycles. The number of hydrogen-bond donors (Lipinski definition) is 0. The van der Waals surface area contributed by atoms with Gasteiger partial charge in [0.05, 0.1) is 0 Å². The fourth-order valence-electron chi connectivity index (χ4n) is 12.5. The van der Waals surface area contributed by atoms with Gasteiger partial charge in [-0.1, -0.05) is 255 Å². The molecule has 0 aliphatic heterocycles. The van der Waals surface area contributed by atoms with Crippen molar-refractivity contribution in [2.45, 2.75) is 0 Å². The Labute approximate surface area is 450 Å². The molecule has 0 saturated carbocycles. The lowest BCUT2D eigenvalue weighted by Gasteiger charge is -2.13. The van der Waals surface area contributed by atoms with E-state index in [1.807, 2.05) is 0 Å². The summed E-state index contributed by atoms with van der Waals surface area (Å²) >= 11 is 0. The monoisotopic (exact) mass is 987 g/mol. The summed E-state index contributed by atoms with van der Waals surface area (Å²) in [6.45, 7) is 0. The van der Waals surface area contributed by atoms with Crippen molar-refractivity contribution >= 4 is 97.0 Å². The Bertz CT molecular complexity index is 4490. The summed E-state index contributed by atoms with van der Waals surface area (Å²) < 4.78 is 0. The van der Waals surface area contributed by atoms with Crippen LogP contribution in [0.3, 0.4) is 0 Å². The second kappa shape index (κ2) is 17.6. The van der Waals surface area contributed by atoms with Crippen LogP contribution in [0.25, 0.3) is 164 Å². The van der Waals surface area contributed by atoms with Crippen molar-refractivity contribution in [2.24, 2.45) is 0 Å². The van der Waals surface area contributed by atoms with Crippen LogP contribution < -0.4 is 0 Å². The number of fused-ring (bicyclic) bond motifs is 18. The summed E-state index contributed by atoms with van der Waals surface area (Å²) in [7, 11) is 0. The quantitative estimate of drug-likeness (QED) is 0.156. The summed E-state index contributed by atoms with van der Waals surface area (Å²) in [5, 5.41) is 22.8. The van der Waals surface area contributed by atoms with Crippen molar-refractivity contribution in [1.29, 1.82) is 0 Å². The SMILES string of the molecule is c1ccc2c(c1)c1ccccc1c1cc(-c3ccc(-c4nc(-c5ccc(-c6ccc7c8ccccc8c8ccccc8c7c6)cc5)nc(-c5ccc(-c6ccc7c8ccccc8c8ccccc8c7c6)cc5)n4)cc3)ccc21. The van der Waals surface area contributed by atoms with Gasteiger partial charge in [0, 0.05) is 16.7 Å². The topological polar surface area (TPSA) is 38.7 Å². The molecule has 360 valence electrons. The van der Waals surface area contributed by atoms with E-state index in [2.05, 4.69) is 273 Å². The zero-order valence-electron chi connectivity index (χ0n) is 42.3. The number of benzene rings is 15. The molecule has 16 rings (SSSR count). The molecule has 1 heterocycles. The van der Waals surface area contributed by atoms with Crippen LogP contribution in [-0.2, 0) is 0 Å². The molecule has 3 nitrogen and oxygen atoms in total. The number of nitrogens with zero attached hydrogens (tertiary/aromatic N) is 3. The first-order chi connectivity index (χ1) is 38.6. The molecule has 0 radical (unpaired) electrons. The van der Waals surface area contributed by atoms with Crippen LogP contribution in [-0.4, -0.2) is 15.0 Å². The largest absolute Gasteiger partial charge is 0.208 e. The summed E-state index contributed by atoms with van der Waals surface area (Å²) in [6.07, 6.45) is 0. The first kappa shape index (κ1) is 44.0. The van der Waals surface area contributed by atoms with E-state index in [9.17, 15) is 0 Å². The van der Waals surface area contributed by atoms with E-state index in [0.29, 0.717) is 17.5 Å². The third-order valence-corrected chi connectivity index (χ3v) is 16.3. The van der Waals surface area contributed by atoms with Gasteiger partial charge in [-0.05, 0) is 149 Å². The Morgan fingerprint density at radius 2 is 0.282 bits per heavy atom. The molecular weight excluding hydrogens is 943 g/mol. The van der Waals surface area contributed by atoms with Gasteiger partial charge in [0.25, 0.3) is 0 Å². The minimum atomic E-state index is 0.618. The normalized spacial score (nSPS) is 11.8. The molecule has 0 amide bonds. The maximum Gasteiger partial charge on any atom is 0.164 e. The number of aromatic nitrogens is 3. The highest BCUT2D eigenvalue weighted by Gasteiger charge is 2.17. The zero-order valence-corrected chi connectivity index (χ0v) is 42.3. The second-order valence-corrected chi connectivity index (χ2v) is 20.6. The molecule has 0 N–H and O–H groups in total. The van der Waals surface area contributed by atoms with Crippen LogP contribution in [0.5, 0.6) is 0 Å². The molecule has 0 aliphatic carbocycles.